The van der Waals surface area contributed by atoms with Gasteiger partial charge in [0, 0.05) is 19.6 Å². The number of methoxy groups -OCH3 is 1. The lowest BCUT2D eigenvalue weighted by Gasteiger charge is -2.26. The molecular weight excluding hydrogens is 358 g/mol. The second kappa shape index (κ2) is 10.1. The fourth-order valence-corrected chi connectivity index (χ4v) is 3.34. The maximum Gasteiger partial charge on any atom is 0.311 e. The summed E-state index contributed by atoms with van der Waals surface area (Å²) < 4.78 is 16.7. The molecule has 0 amide bonds. The van der Waals surface area contributed by atoms with Crippen molar-refractivity contribution >= 4 is 5.97 Å². The van der Waals surface area contributed by atoms with Crippen molar-refractivity contribution < 1.29 is 24.1 Å². The molecule has 2 aromatic carbocycles. The van der Waals surface area contributed by atoms with Crippen molar-refractivity contribution in [3.05, 3.63) is 59.7 Å². The third-order valence-electron chi connectivity index (χ3n) is 4.94. The molecule has 1 saturated heterocycles. The molecule has 3 rings (SSSR count). The highest BCUT2D eigenvalue weighted by atomic mass is 16.5. The van der Waals surface area contributed by atoms with Crippen LogP contribution in [0.5, 0.6) is 11.5 Å². The SMILES string of the molecule is COc1ccc(CC(C(=O)O)c2ccccc2)cc1OCCN1CCOCC1. The zero-order valence-electron chi connectivity index (χ0n) is 16.2. The number of ether oxygens (including phenoxy) is 3. The van der Waals surface area contributed by atoms with E-state index in [-0.39, 0.29) is 0 Å². The molecule has 0 bridgehead atoms. The summed E-state index contributed by atoms with van der Waals surface area (Å²) in [6.07, 6.45) is 0.392. The number of carboxylic acids is 1. The largest absolute Gasteiger partial charge is 0.493 e. The van der Waals surface area contributed by atoms with Crippen molar-refractivity contribution in [2.45, 2.75) is 12.3 Å². The van der Waals surface area contributed by atoms with Crippen LogP contribution in [0.1, 0.15) is 17.0 Å². The average Bonchev–Trinajstić information content (AvgIpc) is 2.73. The van der Waals surface area contributed by atoms with Gasteiger partial charge in [-0.05, 0) is 29.7 Å². The summed E-state index contributed by atoms with van der Waals surface area (Å²) in [6.45, 7) is 4.71. The van der Waals surface area contributed by atoms with Crippen LogP contribution in [0.2, 0.25) is 0 Å². The van der Waals surface area contributed by atoms with E-state index < -0.39 is 11.9 Å². The van der Waals surface area contributed by atoms with Gasteiger partial charge in [0.15, 0.2) is 11.5 Å². The van der Waals surface area contributed by atoms with Gasteiger partial charge in [-0.25, -0.2) is 0 Å². The number of benzene rings is 2. The minimum Gasteiger partial charge on any atom is -0.493 e. The summed E-state index contributed by atoms with van der Waals surface area (Å²) in [5.41, 5.74) is 1.69. The predicted molar refractivity (Wildman–Crippen MR) is 106 cm³/mol. The van der Waals surface area contributed by atoms with E-state index in [9.17, 15) is 9.90 Å². The first-order valence-corrected chi connectivity index (χ1v) is 9.55. The van der Waals surface area contributed by atoms with Crippen LogP contribution in [0.4, 0.5) is 0 Å². The van der Waals surface area contributed by atoms with Gasteiger partial charge >= 0.3 is 5.97 Å². The Morgan fingerprint density at radius 1 is 1.14 bits per heavy atom. The average molecular weight is 385 g/mol. The molecule has 1 fully saturated rings. The smallest absolute Gasteiger partial charge is 0.311 e. The van der Waals surface area contributed by atoms with Crippen LogP contribution in [0.25, 0.3) is 0 Å². The topological polar surface area (TPSA) is 68.2 Å². The normalized spacial score (nSPS) is 15.8. The van der Waals surface area contributed by atoms with Gasteiger partial charge in [-0.2, -0.15) is 0 Å². The highest BCUT2D eigenvalue weighted by molar-refractivity contribution is 5.76. The number of morpholine rings is 1. The first kappa shape index (κ1) is 20.2. The summed E-state index contributed by atoms with van der Waals surface area (Å²) in [4.78, 5) is 14.1. The van der Waals surface area contributed by atoms with Crippen molar-refractivity contribution in [1.29, 1.82) is 0 Å². The van der Waals surface area contributed by atoms with Gasteiger partial charge in [0.05, 0.1) is 26.2 Å². The second-order valence-electron chi connectivity index (χ2n) is 6.79. The van der Waals surface area contributed by atoms with Gasteiger partial charge < -0.3 is 19.3 Å². The minimum absolute atomic E-state index is 0.392. The Bertz CT molecular complexity index is 759. The maximum atomic E-state index is 11.8. The Hall–Kier alpha value is -2.57. The van der Waals surface area contributed by atoms with Gasteiger partial charge in [0.2, 0.25) is 0 Å². The molecule has 1 aliphatic heterocycles. The number of carboxylic acid groups (broad SMARTS) is 1. The maximum absolute atomic E-state index is 11.8. The van der Waals surface area contributed by atoms with Gasteiger partial charge in [-0.3, -0.25) is 9.69 Å². The summed E-state index contributed by atoms with van der Waals surface area (Å²) in [5, 5.41) is 9.67. The van der Waals surface area contributed by atoms with E-state index in [0.29, 0.717) is 24.5 Å². The molecule has 0 saturated carbocycles. The summed E-state index contributed by atoms with van der Waals surface area (Å²) >= 11 is 0. The van der Waals surface area contributed by atoms with E-state index in [2.05, 4.69) is 4.90 Å². The molecule has 150 valence electrons. The molecule has 0 spiro atoms. The molecule has 6 heteroatoms. The van der Waals surface area contributed by atoms with E-state index in [1.54, 1.807) is 7.11 Å². The monoisotopic (exact) mass is 385 g/mol. The van der Waals surface area contributed by atoms with E-state index in [1.807, 2.05) is 48.5 Å². The quantitative estimate of drug-likeness (QED) is 0.716. The first-order chi connectivity index (χ1) is 13.7. The molecule has 0 aliphatic carbocycles. The van der Waals surface area contributed by atoms with Crippen LogP contribution in [0, 0.1) is 0 Å². The Balaban J connectivity index is 1.67. The Kier molecular flexibility index (Phi) is 7.28. The lowest BCUT2D eigenvalue weighted by atomic mass is 9.92. The Morgan fingerprint density at radius 2 is 1.89 bits per heavy atom. The minimum atomic E-state index is -0.836. The van der Waals surface area contributed by atoms with Gasteiger partial charge in [0.25, 0.3) is 0 Å². The van der Waals surface area contributed by atoms with Crippen LogP contribution in [0.3, 0.4) is 0 Å². The highest BCUT2D eigenvalue weighted by Gasteiger charge is 2.21. The molecule has 1 atom stereocenters. The standard InChI is InChI=1S/C22H27NO5/c1-26-20-8-7-17(15-19(22(24)25)18-5-3-2-4-6-18)16-21(20)28-14-11-23-9-12-27-13-10-23/h2-8,16,19H,9-15H2,1H3,(H,24,25). The Labute approximate surface area is 165 Å². The van der Waals surface area contributed by atoms with E-state index >= 15 is 0 Å². The number of hydrogen-bond acceptors (Lipinski definition) is 5. The fourth-order valence-electron chi connectivity index (χ4n) is 3.34. The van der Waals surface area contributed by atoms with Crippen molar-refractivity contribution in [3.8, 4) is 11.5 Å². The number of hydrogen-bond donors (Lipinski definition) is 1. The molecular formula is C22H27NO5. The van der Waals surface area contributed by atoms with Gasteiger partial charge in [0.1, 0.15) is 6.61 Å². The van der Waals surface area contributed by atoms with Crippen molar-refractivity contribution in [1.82, 2.24) is 4.90 Å². The number of nitrogens with zero attached hydrogens (tertiary/aromatic N) is 1. The highest BCUT2D eigenvalue weighted by Crippen LogP contribution is 2.30. The first-order valence-electron chi connectivity index (χ1n) is 9.55. The Morgan fingerprint density at radius 3 is 2.57 bits per heavy atom. The van der Waals surface area contributed by atoms with E-state index in [1.165, 1.54) is 0 Å². The molecule has 2 aromatic rings. The van der Waals surface area contributed by atoms with Crippen molar-refractivity contribution in [2.24, 2.45) is 0 Å². The molecule has 1 aliphatic rings. The number of rotatable bonds is 9. The second-order valence-corrected chi connectivity index (χ2v) is 6.79. The molecule has 1 N–H and O–H groups in total. The van der Waals surface area contributed by atoms with Crippen LogP contribution < -0.4 is 9.47 Å². The van der Waals surface area contributed by atoms with Crippen LogP contribution in [-0.2, 0) is 16.0 Å². The number of aliphatic carboxylic acids is 1. The van der Waals surface area contributed by atoms with Crippen LogP contribution in [-0.4, -0.2) is 62.5 Å². The van der Waals surface area contributed by atoms with Crippen molar-refractivity contribution in [3.63, 3.8) is 0 Å². The molecule has 0 aromatic heterocycles. The van der Waals surface area contributed by atoms with Gasteiger partial charge in [-0.1, -0.05) is 36.4 Å². The molecule has 0 radical (unpaired) electrons. The van der Waals surface area contributed by atoms with E-state index in [4.69, 9.17) is 14.2 Å². The zero-order valence-corrected chi connectivity index (χ0v) is 16.2. The molecule has 28 heavy (non-hydrogen) atoms. The number of carbonyl (C=O) groups is 1. The molecule has 1 unspecified atom stereocenters. The van der Waals surface area contributed by atoms with Crippen molar-refractivity contribution in [2.75, 3.05) is 46.6 Å². The van der Waals surface area contributed by atoms with Gasteiger partial charge in [-0.15, -0.1) is 0 Å². The predicted octanol–water partition coefficient (Wildman–Crippen LogP) is 2.82. The fraction of sp³-hybridized carbons (Fsp3) is 0.409. The molecule has 6 nitrogen and oxygen atoms in total. The van der Waals surface area contributed by atoms with Crippen LogP contribution in [0.15, 0.2) is 48.5 Å². The summed E-state index contributed by atoms with van der Waals surface area (Å²) in [7, 11) is 1.61. The summed E-state index contributed by atoms with van der Waals surface area (Å²) in [6, 6.07) is 14.9. The van der Waals surface area contributed by atoms with E-state index in [0.717, 1.165) is 44.0 Å². The lowest BCUT2D eigenvalue weighted by molar-refractivity contribution is -0.138. The molecule has 1 heterocycles. The third-order valence-corrected chi connectivity index (χ3v) is 4.94. The zero-order chi connectivity index (χ0) is 19.8. The summed E-state index contributed by atoms with van der Waals surface area (Å²) in [5.74, 6) is -0.143. The third kappa shape index (κ3) is 5.47. The lowest BCUT2D eigenvalue weighted by Crippen LogP contribution is -2.38. The van der Waals surface area contributed by atoms with Crippen LogP contribution >= 0.6 is 0 Å².